The van der Waals surface area contributed by atoms with Crippen LogP contribution in [0.2, 0.25) is 0 Å². The zero-order valence-electron chi connectivity index (χ0n) is 12.5. The number of benzene rings is 1. The highest BCUT2D eigenvalue weighted by Gasteiger charge is 2.34. The molecule has 1 aliphatic heterocycles. The van der Waals surface area contributed by atoms with E-state index in [0.29, 0.717) is 23.6 Å². The van der Waals surface area contributed by atoms with Crippen molar-refractivity contribution < 1.29 is 14.7 Å². The number of para-hydroxylation sites is 1. The molecule has 1 aliphatic rings. The number of amides is 1. The Bertz CT molecular complexity index is 828. The van der Waals surface area contributed by atoms with Crippen LogP contribution in [0.5, 0.6) is 0 Å². The fourth-order valence-corrected chi connectivity index (χ4v) is 3.31. The summed E-state index contributed by atoms with van der Waals surface area (Å²) in [6.07, 6.45) is 0. The van der Waals surface area contributed by atoms with E-state index in [1.807, 2.05) is 13.0 Å². The first kappa shape index (κ1) is 15.3. The van der Waals surface area contributed by atoms with Gasteiger partial charge in [0.25, 0.3) is 5.91 Å². The molecule has 1 N–H and O–H groups in total. The fraction of sp³-hybridized carbons (Fsp3) is 0.200. The number of likely N-dealkylation sites (N-methyl/N-ethyl adjacent to an activating group) is 1. The monoisotopic (exact) mass is 329 g/mol. The third kappa shape index (κ3) is 2.61. The van der Waals surface area contributed by atoms with Gasteiger partial charge in [-0.05, 0) is 31.7 Å². The minimum atomic E-state index is -1.42. The van der Waals surface area contributed by atoms with E-state index in [0.717, 1.165) is 11.8 Å². The molecule has 1 aromatic heterocycles. The van der Waals surface area contributed by atoms with E-state index in [-0.39, 0.29) is 21.5 Å². The summed E-state index contributed by atoms with van der Waals surface area (Å²) in [7, 11) is 0. The molecule has 0 bridgehead atoms. The number of fused-ring (bicyclic) bond motifs is 1. The van der Waals surface area contributed by atoms with Gasteiger partial charge in [-0.3, -0.25) is 9.89 Å². The summed E-state index contributed by atoms with van der Waals surface area (Å²) in [5.41, 5.74) is 1.40. The highest BCUT2D eigenvalue weighted by atomic mass is 32.2. The van der Waals surface area contributed by atoms with Crippen LogP contribution in [0.1, 0.15) is 18.3 Å². The van der Waals surface area contributed by atoms with Gasteiger partial charge in [0.2, 0.25) is 5.16 Å². The summed E-state index contributed by atoms with van der Waals surface area (Å²) in [5, 5.41) is 18.4. The molecular formula is C15H13N4O3S-. The number of carbonyl (C=O) groups excluding carboxylic acids is 2. The number of nitrogens with one attached hydrogen (secondary N) is 1. The lowest BCUT2D eigenvalue weighted by atomic mass is 10.1. The summed E-state index contributed by atoms with van der Waals surface area (Å²) >= 11 is 0.811. The van der Waals surface area contributed by atoms with Crippen molar-refractivity contribution in [3.05, 3.63) is 40.6 Å². The second-order valence-corrected chi connectivity index (χ2v) is 5.84. The second kappa shape index (κ2) is 5.88. The van der Waals surface area contributed by atoms with Crippen molar-refractivity contribution in [1.29, 1.82) is 0 Å². The zero-order chi connectivity index (χ0) is 16.6. The van der Waals surface area contributed by atoms with Gasteiger partial charge in [0, 0.05) is 12.1 Å². The topological polar surface area (TPSA) is 102 Å². The van der Waals surface area contributed by atoms with Crippen LogP contribution in [-0.4, -0.2) is 33.6 Å². The summed E-state index contributed by atoms with van der Waals surface area (Å²) in [6, 6.07) is 7.09. The third-order valence-electron chi connectivity index (χ3n) is 3.42. The molecule has 118 valence electrons. The van der Waals surface area contributed by atoms with Crippen LogP contribution in [0.15, 0.2) is 34.3 Å². The Morgan fingerprint density at radius 1 is 1.39 bits per heavy atom. The highest BCUT2D eigenvalue weighted by Crippen LogP contribution is 2.41. The van der Waals surface area contributed by atoms with E-state index in [2.05, 4.69) is 15.2 Å². The van der Waals surface area contributed by atoms with Crippen molar-refractivity contribution in [2.75, 3.05) is 11.4 Å². The number of thioether (sulfide) groups is 1. The van der Waals surface area contributed by atoms with Crippen LogP contribution in [0.3, 0.4) is 0 Å². The van der Waals surface area contributed by atoms with Gasteiger partial charge >= 0.3 is 0 Å². The van der Waals surface area contributed by atoms with Gasteiger partial charge in [-0.1, -0.05) is 18.2 Å². The van der Waals surface area contributed by atoms with Crippen molar-refractivity contribution in [3.63, 3.8) is 0 Å². The third-order valence-corrected chi connectivity index (χ3v) is 4.36. The van der Waals surface area contributed by atoms with Crippen molar-refractivity contribution in [2.45, 2.75) is 19.0 Å². The molecular weight excluding hydrogens is 316 g/mol. The van der Waals surface area contributed by atoms with Crippen LogP contribution >= 0.6 is 11.8 Å². The number of H-pyrrole nitrogens is 1. The molecule has 0 fully saturated rings. The molecule has 0 spiro atoms. The van der Waals surface area contributed by atoms with Crippen molar-refractivity contribution >= 4 is 34.9 Å². The average molecular weight is 329 g/mol. The minimum Gasteiger partial charge on any atom is -0.544 e. The fourth-order valence-electron chi connectivity index (χ4n) is 2.47. The molecule has 0 saturated heterocycles. The molecule has 1 amide bonds. The van der Waals surface area contributed by atoms with Gasteiger partial charge in [-0.15, -0.1) is 5.10 Å². The lowest BCUT2D eigenvalue weighted by Crippen LogP contribution is -2.29. The predicted octanol–water partition coefficient (Wildman–Crippen LogP) is 0.733. The SMILES string of the molecule is CCN1C(=O)/C(=C(\Sc2n[nH]c(C)n2)C(=O)[O-])c2ccccc21. The Morgan fingerprint density at radius 2 is 2.13 bits per heavy atom. The zero-order valence-corrected chi connectivity index (χ0v) is 13.3. The number of hydrogen-bond acceptors (Lipinski definition) is 6. The van der Waals surface area contributed by atoms with Gasteiger partial charge in [0.15, 0.2) is 0 Å². The number of aromatic amines is 1. The Balaban J connectivity index is 2.15. The largest absolute Gasteiger partial charge is 0.544 e. The first-order valence-corrected chi connectivity index (χ1v) is 7.78. The number of hydrogen-bond donors (Lipinski definition) is 1. The molecule has 7 nitrogen and oxygen atoms in total. The maximum Gasteiger partial charge on any atom is 0.260 e. The Kier molecular flexibility index (Phi) is 3.91. The van der Waals surface area contributed by atoms with E-state index in [1.54, 1.807) is 25.1 Å². The van der Waals surface area contributed by atoms with E-state index < -0.39 is 5.97 Å². The average Bonchev–Trinajstić information content (AvgIpc) is 3.05. The minimum absolute atomic E-state index is 0.120. The molecule has 0 unspecified atom stereocenters. The molecule has 3 rings (SSSR count). The summed E-state index contributed by atoms with van der Waals surface area (Å²) < 4.78 is 0. The standard InChI is InChI=1S/C15H14N4O3S/c1-3-19-10-7-5-4-6-9(10)11(13(19)20)12(14(21)22)23-15-16-8(2)17-18-15/h4-7H,3H2,1-2H3,(H,21,22)(H,16,17,18)/p-1/b12-11-. The maximum atomic E-state index is 12.6. The number of aliphatic carboxylic acids is 1. The quantitative estimate of drug-likeness (QED) is 0.655. The van der Waals surface area contributed by atoms with Gasteiger partial charge < -0.3 is 14.8 Å². The lowest BCUT2D eigenvalue weighted by Gasteiger charge is -2.14. The molecule has 0 atom stereocenters. The second-order valence-electron chi connectivity index (χ2n) is 4.86. The van der Waals surface area contributed by atoms with E-state index in [4.69, 9.17) is 0 Å². The Labute approximate surface area is 136 Å². The van der Waals surface area contributed by atoms with Crippen molar-refractivity contribution in [1.82, 2.24) is 15.2 Å². The van der Waals surface area contributed by atoms with Crippen molar-refractivity contribution in [2.24, 2.45) is 0 Å². The molecule has 1 aromatic carbocycles. The molecule has 2 aromatic rings. The summed E-state index contributed by atoms with van der Waals surface area (Å²) in [6.45, 7) is 3.99. The number of rotatable bonds is 4. The first-order chi connectivity index (χ1) is 11.0. The highest BCUT2D eigenvalue weighted by molar-refractivity contribution is 8.04. The molecule has 2 heterocycles. The van der Waals surface area contributed by atoms with Crippen molar-refractivity contribution in [3.8, 4) is 0 Å². The van der Waals surface area contributed by atoms with Gasteiger partial charge in [0.1, 0.15) is 5.82 Å². The van der Waals surface area contributed by atoms with Gasteiger partial charge in [0.05, 0.1) is 22.1 Å². The number of nitrogens with zero attached hydrogens (tertiary/aromatic N) is 3. The molecule has 23 heavy (non-hydrogen) atoms. The predicted molar refractivity (Wildman–Crippen MR) is 83.4 cm³/mol. The van der Waals surface area contributed by atoms with Crippen LogP contribution in [0.25, 0.3) is 5.57 Å². The first-order valence-electron chi connectivity index (χ1n) is 6.96. The normalized spacial score (nSPS) is 15.7. The number of carboxylic acids is 1. The Morgan fingerprint density at radius 3 is 2.74 bits per heavy atom. The van der Waals surface area contributed by atoms with E-state index >= 15 is 0 Å². The number of aromatic nitrogens is 3. The van der Waals surface area contributed by atoms with Gasteiger partial charge in [-0.25, -0.2) is 4.98 Å². The van der Waals surface area contributed by atoms with Crippen LogP contribution in [0, 0.1) is 6.92 Å². The van der Waals surface area contributed by atoms with E-state index in [9.17, 15) is 14.7 Å². The number of aryl methyl sites for hydroxylation is 1. The molecule has 0 saturated carbocycles. The molecule has 0 aliphatic carbocycles. The smallest absolute Gasteiger partial charge is 0.260 e. The van der Waals surface area contributed by atoms with E-state index in [1.165, 1.54) is 4.90 Å². The van der Waals surface area contributed by atoms with Gasteiger partial charge in [-0.2, -0.15) is 0 Å². The van der Waals surface area contributed by atoms with Crippen LogP contribution in [0.4, 0.5) is 5.69 Å². The molecule has 8 heteroatoms. The lowest BCUT2D eigenvalue weighted by molar-refractivity contribution is -0.298. The maximum absolute atomic E-state index is 12.6. The van der Waals surface area contributed by atoms with Crippen LogP contribution < -0.4 is 10.0 Å². The number of carbonyl (C=O) groups is 2. The summed E-state index contributed by atoms with van der Waals surface area (Å²) in [4.78, 5) is 29.7. The number of anilines is 1. The van der Waals surface area contributed by atoms with Crippen LogP contribution in [-0.2, 0) is 9.59 Å². The summed E-state index contributed by atoms with van der Waals surface area (Å²) in [5.74, 6) is -1.22. The molecule has 0 radical (unpaired) electrons. The Hall–Kier alpha value is -2.61. The number of carboxylic acid groups (broad SMARTS) is 1.